The maximum absolute atomic E-state index is 14.2. The molecule has 3 aromatic rings. The van der Waals surface area contributed by atoms with E-state index in [0.29, 0.717) is 32.9 Å². The van der Waals surface area contributed by atoms with Crippen LogP contribution in [0, 0.1) is 0 Å². The number of nitrogens with one attached hydrogen (secondary N) is 3. The Morgan fingerprint density at radius 1 is 0.811 bits per heavy atom. The molecule has 0 saturated carbocycles. The third-order valence-electron chi connectivity index (χ3n) is 9.17. The third kappa shape index (κ3) is 8.58. The van der Waals surface area contributed by atoms with Crippen molar-refractivity contribution in [2.75, 3.05) is 7.11 Å². The molecule has 6 rings (SSSR count). The Morgan fingerprint density at radius 3 is 1.91 bits per heavy atom. The Labute approximate surface area is 304 Å². The van der Waals surface area contributed by atoms with Gasteiger partial charge in [0.05, 0.1) is 32.8 Å². The van der Waals surface area contributed by atoms with Crippen LogP contribution in [0.15, 0.2) is 60.7 Å². The van der Waals surface area contributed by atoms with Crippen molar-refractivity contribution >= 4 is 60.7 Å². The van der Waals surface area contributed by atoms with Gasteiger partial charge < -0.3 is 44.9 Å². The summed E-state index contributed by atoms with van der Waals surface area (Å²) in [6, 6.07) is 12.6. The predicted molar refractivity (Wildman–Crippen MR) is 186 cm³/mol. The zero-order valence-electron chi connectivity index (χ0n) is 28.8. The second-order valence-electron chi connectivity index (χ2n) is 12.9. The average Bonchev–Trinajstić information content (AvgIpc) is 3.81. The fourth-order valence-corrected chi connectivity index (χ4v) is 6.24. The second kappa shape index (κ2) is 16.0. The summed E-state index contributed by atoms with van der Waals surface area (Å²) in [4.78, 5) is 83.5. The lowest BCUT2D eigenvalue weighted by Crippen LogP contribution is -2.59. The molecule has 1 saturated heterocycles. The molecule has 274 valence electrons. The first-order chi connectivity index (χ1) is 25.4. The molecule has 5 amide bonds. The van der Waals surface area contributed by atoms with Crippen molar-refractivity contribution in [1.82, 2.24) is 21.0 Å². The van der Waals surface area contributed by atoms with Gasteiger partial charge in [0, 0.05) is 30.0 Å². The molecular weight excluding hydrogens is 690 g/mol. The van der Waals surface area contributed by atoms with Crippen LogP contribution in [0.25, 0.3) is 0 Å². The van der Waals surface area contributed by atoms with Crippen LogP contribution in [-0.2, 0) is 53.0 Å². The predicted octanol–water partition coefficient (Wildman–Crippen LogP) is -1.23. The van der Waals surface area contributed by atoms with Crippen molar-refractivity contribution in [2.24, 2.45) is 0 Å². The molecule has 0 bridgehead atoms. The van der Waals surface area contributed by atoms with E-state index >= 15 is 0 Å². The first-order valence-electron chi connectivity index (χ1n) is 16.9. The van der Waals surface area contributed by atoms with E-state index in [-0.39, 0.29) is 43.6 Å². The summed E-state index contributed by atoms with van der Waals surface area (Å²) >= 11 is 0. The number of hydrogen-bond acceptors (Lipinski definition) is 12. The van der Waals surface area contributed by atoms with Gasteiger partial charge >= 0.3 is 20.2 Å². The van der Waals surface area contributed by atoms with Crippen molar-refractivity contribution in [1.29, 1.82) is 0 Å². The molecule has 3 aliphatic rings. The number of methoxy groups -OCH3 is 1. The molecule has 53 heavy (non-hydrogen) atoms. The molecule has 18 heteroatoms. The number of nitrogens with zero attached hydrogens (tertiary/aromatic N) is 1. The Hall–Kier alpha value is -5.55. The highest BCUT2D eigenvalue weighted by molar-refractivity contribution is 6.62. The molecule has 0 spiro atoms. The van der Waals surface area contributed by atoms with Gasteiger partial charge in [0.1, 0.15) is 11.8 Å². The Morgan fingerprint density at radius 2 is 1.36 bits per heavy atom. The van der Waals surface area contributed by atoms with Crippen molar-refractivity contribution in [3.8, 4) is 5.75 Å². The summed E-state index contributed by atoms with van der Waals surface area (Å²) in [6.45, 7) is 1.85. The summed E-state index contributed by atoms with van der Waals surface area (Å²) in [5.41, 5.74) is 3.20. The lowest BCUT2D eigenvalue weighted by molar-refractivity contribution is -0.197. The van der Waals surface area contributed by atoms with Crippen LogP contribution in [0.4, 0.5) is 0 Å². The Bertz CT molecular complexity index is 1930. The number of ether oxygens (including phenoxy) is 1. The zero-order chi connectivity index (χ0) is 37.8. The fraction of sp³-hybridized carbons (Fsp3) is 0.314. The Balaban J connectivity index is 1.24. The Kier molecular flexibility index (Phi) is 11.2. The van der Waals surface area contributed by atoms with E-state index in [9.17, 15) is 38.8 Å². The molecule has 0 aromatic heterocycles. The molecule has 3 atom stereocenters. The van der Waals surface area contributed by atoms with Crippen LogP contribution in [0.5, 0.6) is 5.75 Å². The lowest BCUT2D eigenvalue weighted by atomic mass is 9.78. The first kappa shape index (κ1) is 37.2. The monoisotopic (exact) mass is 726 g/mol. The van der Waals surface area contributed by atoms with Crippen LogP contribution in [0.1, 0.15) is 63.6 Å². The molecular formula is C35H36B2N4O12. The molecule has 3 heterocycles. The zero-order valence-corrected chi connectivity index (χ0v) is 28.8. The van der Waals surface area contributed by atoms with Crippen LogP contribution in [-0.4, -0.2) is 90.1 Å². The molecule has 3 aliphatic heterocycles. The quantitative estimate of drug-likeness (QED) is 0.103. The van der Waals surface area contributed by atoms with Crippen LogP contribution < -0.4 is 31.6 Å². The molecule has 0 radical (unpaired) electrons. The van der Waals surface area contributed by atoms with Gasteiger partial charge in [-0.1, -0.05) is 24.3 Å². The largest absolute Gasteiger partial charge is 0.497 e. The molecule has 16 nitrogen and oxygen atoms in total. The summed E-state index contributed by atoms with van der Waals surface area (Å²) in [6.07, 6.45) is -0.590. The smallest absolute Gasteiger partial charge is 0.491 e. The standard InChI is InChI=1S/C35H36B2N4O12/c1-19(38-33(45)21-5-7-23-17-51-36(48)27(23)14-21)32(40-34(46)22-6-8-24-18-52-37(49)28(24)15-22)35(47)39-25(13-20-3-9-26(50-2)10-4-20)16-31(44)53-41-29(42)11-12-30(41)43/h3-10,14-15,19,25,32,48-49H,11-13,16-18H2,1-2H3,(H,38,45)(H,39,47)(H,40,46)/t19-,25-,32-/m0/s1. The number of amides is 5. The molecule has 5 N–H and O–H groups in total. The number of imide groups is 1. The molecule has 1 fully saturated rings. The van der Waals surface area contributed by atoms with Gasteiger partial charge in [0.15, 0.2) is 0 Å². The molecule has 0 aliphatic carbocycles. The summed E-state index contributed by atoms with van der Waals surface area (Å²) in [5, 5.41) is 28.9. The van der Waals surface area contributed by atoms with Crippen molar-refractivity contribution in [3.63, 3.8) is 0 Å². The van der Waals surface area contributed by atoms with Crippen LogP contribution >= 0.6 is 0 Å². The van der Waals surface area contributed by atoms with Gasteiger partial charge in [-0.2, -0.15) is 0 Å². The van der Waals surface area contributed by atoms with Crippen LogP contribution in [0.2, 0.25) is 0 Å². The van der Waals surface area contributed by atoms with Crippen molar-refractivity contribution < 1.29 is 57.7 Å². The maximum atomic E-state index is 14.2. The van der Waals surface area contributed by atoms with Gasteiger partial charge in [0.25, 0.3) is 23.6 Å². The number of rotatable bonds is 13. The van der Waals surface area contributed by atoms with E-state index in [1.807, 2.05) is 0 Å². The minimum atomic E-state index is -1.43. The van der Waals surface area contributed by atoms with Gasteiger partial charge in [-0.3, -0.25) is 24.0 Å². The summed E-state index contributed by atoms with van der Waals surface area (Å²) in [7, 11) is -0.916. The fourth-order valence-electron chi connectivity index (χ4n) is 6.24. The minimum Gasteiger partial charge on any atom is -0.497 e. The molecule has 0 unspecified atom stereocenters. The minimum absolute atomic E-state index is 0.0797. The number of fused-ring (bicyclic) bond motifs is 2. The molecule has 3 aromatic carbocycles. The SMILES string of the molecule is COc1ccc(C[C@@H](CC(=O)ON2C(=O)CCC2=O)NC(=O)[C@@H](NC(=O)c2ccc3c(c2)B(O)OC3)[C@H](C)NC(=O)c2ccc3c(c2)B(O)OC3)cc1. The van der Waals surface area contributed by atoms with E-state index < -0.39 is 74.3 Å². The van der Waals surface area contributed by atoms with Crippen molar-refractivity contribution in [3.05, 3.63) is 88.5 Å². The first-order valence-corrected chi connectivity index (χ1v) is 16.9. The van der Waals surface area contributed by atoms with Gasteiger partial charge in [-0.15, -0.1) is 5.06 Å². The highest BCUT2D eigenvalue weighted by Crippen LogP contribution is 2.18. The third-order valence-corrected chi connectivity index (χ3v) is 9.17. The van der Waals surface area contributed by atoms with E-state index in [2.05, 4.69) is 16.0 Å². The summed E-state index contributed by atoms with van der Waals surface area (Å²) in [5.74, 6) is -3.82. The van der Waals surface area contributed by atoms with Crippen LogP contribution in [0.3, 0.4) is 0 Å². The number of benzene rings is 3. The maximum Gasteiger partial charge on any atom is 0.491 e. The highest BCUT2D eigenvalue weighted by Gasteiger charge is 2.36. The number of carbonyl (C=O) groups excluding carboxylic acids is 6. The second-order valence-corrected chi connectivity index (χ2v) is 12.9. The average molecular weight is 726 g/mol. The van der Waals surface area contributed by atoms with Crippen molar-refractivity contribution in [2.45, 2.75) is 63.9 Å². The van der Waals surface area contributed by atoms with Gasteiger partial charge in [0.2, 0.25) is 5.91 Å². The topological polar surface area (TPSA) is 219 Å². The van der Waals surface area contributed by atoms with E-state index in [1.165, 1.54) is 32.2 Å². The number of hydroxylamine groups is 2. The number of carbonyl (C=O) groups is 6. The van der Waals surface area contributed by atoms with E-state index in [1.54, 1.807) is 42.5 Å². The van der Waals surface area contributed by atoms with Gasteiger partial charge in [-0.05, 0) is 77.4 Å². The van der Waals surface area contributed by atoms with E-state index in [0.717, 1.165) is 5.56 Å². The normalized spacial score (nSPS) is 16.4. The van der Waals surface area contributed by atoms with Gasteiger partial charge in [-0.25, -0.2) is 4.79 Å². The number of hydrogen-bond donors (Lipinski definition) is 5. The summed E-state index contributed by atoms with van der Waals surface area (Å²) < 4.78 is 15.7. The lowest BCUT2D eigenvalue weighted by Gasteiger charge is -2.28. The van der Waals surface area contributed by atoms with E-state index in [4.69, 9.17) is 18.9 Å². The highest BCUT2D eigenvalue weighted by atomic mass is 16.7.